The molecular formula is C22H25NO5S. The number of aryl methyl sites for hydroxylation is 1. The van der Waals surface area contributed by atoms with Crippen LogP contribution < -0.4 is 4.74 Å². The number of methoxy groups -OCH3 is 1. The van der Waals surface area contributed by atoms with E-state index in [0.717, 1.165) is 10.4 Å². The number of ether oxygens (including phenoxy) is 2. The van der Waals surface area contributed by atoms with Crippen molar-refractivity contribution in [3.63, 3.8) is 0 Å². The summed E-state index contributed by atoms with van der Waals surface area (Å²) in [5, 5.41) is 12.9. The molecule has 3 rings (SSSR count). The van der Waals surface area contributed by atoms with Crippen LogP contribution in [0.3, 0.4) is 0 Å². The van der Waals surface area contributed by atoms with E-state index in [-0.39, 0.29) is 24.0 Å². The summed E-state index contributed by atoms with van der Waals surface area (Å²) in [5.74, 6) is -0.775. The number of rotatable bonds is 7. The molecule has 29 heavy (non-hydrogen) atoms. The van der Waals surface area contributed by atoms with Crippen LogP contribution in [0.1, 0.15) is 35.9 Å². The van der Waals surface area contributed by atoms with E-state index >= 15 is 0 Å². The largest absolute Gasteiger partial charge is 0.507 e. The summed E-state index contributed by atoms with van der Waals surface area (Å²) >= 11 is 1.44. The molecule has 1 unspecified atom stereocenters. The smallest absolute Gasteiger partial charge is 0.295 e. The number of aliphatic hydroxyl groups is 1. The Hall–Kier alpha value is -2.64. The standard InChI is InChI=1S/C22H25NO5S/c1-13(2)28-16-8-7-15(12-14(16)3)20(24)18-19(17-6-5-11-29-17)23(9-10-27-4)22(26)21(18)25/h5-8,11-13,19,24H,9-10H2,1-4H3/b20-18-. The summed E-state index contributed by atoms with van der Waals surface area (Å²) in [4.78, 5) is 27.8. The van der Waals surface area contributed by atoms with Crippen LogP contribution in [0.2, 0.25) is 0 Å². The first-order chi connectivity index (χ1) is 13.8. The van der Waals surface area contributed by atoms with Crippen LogP contribution in [0.15, 0.2) is 41.3 Å². The van der Waals surface area contributed by atoms with Crippen molar-refractivity contribution in [3.8, 4) is 5.75 Å². The Morgan fingerprint density at radius 3 is 2.62 bits per heavy atom. The Labute approximate surface area is 174 Å². The van der Waals surface area contributed by atoms with Gasteiger partial charge in [-0.25, -0.2) is 0 Å². The summed E-state index contributed by atoms with van der Waals surface area (Å²) in [6, 6.07) is 8.33. The molecule has 0 spiro atoms. The monoisotopic (exact) mass is 415 g/mol. The molecule has 0 radical (unpaired) electrons. The first-order valence-corrected chi connectivity index (χ1v) is 10.3. The van der Waals surface area contributed by atoms with Crippen LogP contribution in [0.25, 0.3) is 5.76 Å². The third-order valence-corrected chi connectivity index (χ3v) is 5.62. The quantitative estimate of drug-likeness (QED) is 0.422. The molecule has 1 aromatic carbocycles. The van der Waals surface area contributed by atoms with E-state index in [9.17, 15) is 14.7 Å². The number of aliphatic hydroxyl groups excluding tert-OH is 1. The van der Waals surface area contributed by atoms with E-state index in [2.05, 4.69) is 0 Å². The molecule has 1 aromatic heterocycles. The Morgan fingerprint density at radius 2 is 2.03 bits per heavy atom. The van der Waals surface area contributed by atoms with Gasteiger partial charge in [0.15, 0.2) is 0 Å². The van der Waals surface area contributed by atoms with Crippen LogP contribution in [-0.4, -0.2) is 48.1 Å². The maximum absolute atomic E-state index is 12.8. The topological polar surface area (TPSA) is 76.1 Å². The lowest BCUT2D eigenvalue weighted by Gasteiger charge is -2.23. The van der Waals surface area contributed by atoms with Crippen molar-refractivity contribution < 1.29 is 24.2 Å². The Balaban J connectivity index is 2.07. The van der Waals surface area contributed by atoms with Gasteiger partial charge in [0.25, 0.3) is 11.7 Å². The van der Waals surface area contributed by atoms with Gasteiger partial charge in [0.2, 0.25) is 0 Å². The van der Waals surface area contributed by atoms with Gasteiger partial charge in [0, 0.05) is 24.1 Å². The number of Topliss-reactive ketones (excluding diaryl/α,β-unsaturated/α-hetero) is 1. The number of thiophene rings is 1. The van der Waals surface area contributed by atoms with Crippen molar-refractivity contribution in [1.82, 2.24) is 4.90 Å². The molecule has 154 valence electrons. The van der Waals surface area contributed by atoms with Gasteiger partial charge in [-0.2, -0.15) is 0 Å². The van der Waals surface area contributed by atoms with Gasteiger partial charge in [-0.3, -0.25) is 9.59 Å². The molecule has 0 bridgehead atoms. The van der Waals surface area contributed by atoms with Crippen LogP contribution in [0.4, 0.5) is 0 Å². The second-order valence-electron chi connectivity index (χ2n) is 7.15. The van der Waals surface area contributed by atoms with Crippen molar-refractivity contribution in [2.24, 2.45) is 0 Å². The molecule has 2 aromatic rings. The highest BCUT2D eigenvalue weighted by atomic mass is 32.1. The molecule has 1 aliphatic heterocycles. The van der Waals surface area contributed by atoms with Crippen molar-refractivity contribution in [2.75, 3.05) is 20.3 Å². The molecule has 7 heteroatoms. The molecule has 1 atom stereocenters. The van der Waals surface area contributed by atoms with Gasteiger partial charge in [0.1, 0.15) is 11.5 Å². The molecule has 1 fully saturated rings. The van der Waals surface area contributed by atoms with Crippen LogP contribution >= 0.6 is 11.3 Å². The first-order valence-electron chi connectivity index (χ1n) is 9.43. The fraction of sp³-hybridized carbons (Fsp3) is 0.364. The zero-order valence-corrected chi connectivity index (χ0v) is 17.8. The number of carbonyl (C=O) groups excluding carboxylic acids is 2. The highest BCUT2D eigenvalue weighted by Crippen LogP contribution is 2.41. The van der Waals surface area contributed by atoms with E-state index in [1.807, 2.05) is 38.3 Å². The predicted molar refractivity (Wildman–Crippen MR) is 112 cm³/mol. The van der Waals surface area contributed by atoms with Gasteiger partial charge in [0.05, 0.1) is 24.3 Å². The molecule has 0 aliphatic carbocycles. The molecule has 1 amide bonds. The van der Waals surface area contributed by atoms with E-state index in [4.69, 9.17) is 9.47 Å². The average Bonchev–Trinajstić information content (AvgIpc) is 3.29. The average molecular weight is 416 g/mol. The molecular weight excluding hydrogens is 390 g/mol. The molecule has 1 saturated heterocycles. The minimum Gasteiger partial charge on any atom is -0.507 e. The maximum atomic E-state index is 12.8. The molecule has 1 aliphatic rings. The van der Waals surface area contributed by atoms with Gasteiger partial charge in [-0.05, 0) is 56.0 Å². The lowest BCUT2D eigenvalue weighted by Crippen LogP contribution is -2.32. The zero-order chi connectivity index (χ0) is 21.1. The summed E-state index contributed by atoms with van der Waals surface area (Å²) in [6.45, 7) is 6.32. The summed E-state index contributed by atoms with van der Waals surface area (Å²) in [7, 11) is 1.54. The number of benzene rings is 1. The lowest BCUT2D eigenvalue weighted by atomic mass is 9.98. The molecule has 6 nitrogen and oxygen atoms in total. The summed E-state index contributed by atoms with van der Waals surface area (Å²) < 4.78 is 10.8. The second kappa shape index (κ2) is 8.80. The van der Waals surface area contributed by atoms with Crippen molar-refractivity contribution in [3.05, 3.63) is 57.3 Å². The van der Waals surface area contributed by atoms with Gasteiger partial charge in [-0.1, -0.05) is 6.07 Å². The Kier molecular flexibility index (Phi) is 6.39. The number of hydrogen-bond acceptors (Lipinski definition) is 6. The normalized spacial score (nSPS) is 18.7. The maximum Gasteiger partial charge on any atom is 0.295 e. The first kappa shape index (κ1) is 21.1. The van der Waals surface area contributed by atoms with E-state index < -0.39 is 17.7 Å². The van der Waals surface area contributed by atoms with E-state index in [1.54, 1.807) is 25.3 Å². The Morgan fingerprint density at radius 1 is 1.28 bits per heavy atom. The van der Waals surface area contributed by atoms with Crippen LogP contribution in [0, 0.1) is 6.92 Å². The number of hydrogen-bond donors (Lipinski definition) is 1. The van der Waals surface area contributed by atoms with Crippen LogP contribution in [-0.2, 0) is 14.3 Å². The third kappa shape index (κ3) is 4.21. The minimum atomic E-state index is -0.683. The van der Waals surface area contributed by atoms with Crippen LogP contribution in [0.5, 0.6) is 5.75 Å². The van der Waals surface area contributed by atoms with Gasteiger partial charge in [-0.15, -0.1) is 11.3 Å². The zero-order valence-electron chi connectivity index (χ0n) is 17.0. The number of nitrogens with zero attached hydrogens (tertiary/aromatic N) is 1. The Bertz CT molecular complexity index is 933. The lowest BCUT2D eigenvalue weighted by molar-refractivity contribution is -0.140. The van der Waals surface area contributed by atoms with Gasteiger partial charge >= 0.3 is 0 Å². The highest BCUT2D eigenvalue weighted by Gasteiger charge is 2.46. The molecule has 1 N–H and O–H groups in total. The fourth-order valence-corrected chi connectivity index (χ4v) is 4.23. The summed E-state index contributed by atoms with van der Waals surface area (Å²) in [5.41, 5.74) is 1.42. The van der Waals surface area contributed by atoms with E-state index in [1.165, 1.54) is 16.2 Å². The third-order valence-electron chi connectivity index (χ3n) is 4.70. The van der Waals surface area contributed by atoms with Gasteiger partial charge < -0.3 is 19.5 Å². The van der Waals surface area contributed by atoms with Crippen molar-refractivity contribution >= 4 is 28.8 Å². The van der Waals surface area contributed by atoms with E-state index in [0.29, 0.717) is 17.9 Å². The highest BCUT2D eigenvalue weighted by molar-refractivity contribution is 7.10. The second-order valence-corrected chi connectivity index (χ2v) is 8.13. The number of ketones is 1. The van der Waals surface area contributed by atoms with Crippen molar-refractivity contribution in [2.45, 2.75) is 32.9 Å². The molecule has 0 saturated carbocycles. The number of carbonyl (C=O) groups is 2. The number of amides is 1. The minimum absolute atomic E-state index is 0.0260. The SMILES string of the molecule is COCCN1C(=O)C(=O)/C(=C(\O)c2ccc(OC(C)C)c(C)c2)C1c1cccs1. The summed E-state index contributed by atoms with van der Waals surface area (Å²) in [6.07, 6.45) is 0.0260. The predicted octanol–water partition coefficient (Wildman–Crippen LogP) is 3.91. The number of likely N-dealkylation sites (tertiary alicyclic amines) is 1. The molecule has 2 heterocycles. The van der Waals surface area contributed by atoms with Crippen molar-refractivity contribution in [1.29, 1.82) is 0 Å². The fourth-order valence-electron chi connectivity index (χ4n) is 3.38.